The first kappa shape index (κ1) is 13.5. The van der Waals surface area contributed by atoms with Crippen molar-refractivity contribution in [1.29, 1.82) is 0 Å². The van der Waals surface area contributed by atoms with Crippen molar-refractivity contribution in [1.82, 2.24) is 19.3 Å². The summed E-state index contributed by atoms with van der Waals surface area (Å²) in [6, 6.07) is 8.01. The Morgan fingerprint density at radius 1 is 1.29 bits per heavy atom. The van der Waals surface area contributed by atoms with Gasteiger partial charge >= 0.3 is 0 Å². The summed E-state index contributed by atoms with van der Waals surface area (Å²) < 4.78 is 3.27. The molecule has 0 bridgehead atoms. The van der Waals surface area contributed by atoms with E-state index in [1.165, 1.54) is 0 Å². The van der Waals surface area contributed by atoms with Gasteiger partial charge in [-0.2, -0.15) is 5.10 Å². The van der Waals surface area contributed by atoms with Crippen LogP contribution in [-0.2, 0) is 13.1 Å². The van der Waals surface area contributed by atoms with Gasteiger partial charge in [0.2, 0.25) is 0 Å². The van der Waals surface area contributed by atoms with Gasteiger partial charge in [0.25, 0.3) is 5.56 Å². The van der Waals surface area contributed by atoms with Gasteiger partial charge in [0.15, 0.2) is 5.65 Å². The van der Waals surface area contributed by atoms with Crippen molar-refractivity contribution in [2.45, 2.75) is 20.0 Å². The third kappa shape index (κ3) is 2.45. The molecule has 0 fully saturated rings. The Morgan fingerprint density at radius 3 is 2.86 bits per heavy atom. The predicted octanol–water partition coefficient (Wildman–Crippen LogP) is 0.908. The number of nitrogens with two attached hydrogens (primary N) is 1. The van der Waals surface area contributed by atoms with Crippen LogP contribution in [0.15, 0.2) is 41.6 Å². The highest BCUT2D eigenvalue weighted by Gasteiger charge is 2.10. The molecule has 0 atom stereocenters. The number of rotatable bonds is 4. The zero-order valence-electron chi connectivity index (χ0n) is 11.9. The van der Waals surface area contributed by atoms with Crippen LogP contribution in [0.25, 0.3) is 11.0 Å². The van der Waals surface area contributed by atoms with E-state index in [1.54, 1.807) is 21.8 Å². The van der Waals surface area contributed by atoms with E-state index in [4.69, 9.17) is 5.73 Å². The van der Waals surface area contributed by atoms with Crippen LogP contribution in [-0.4, -0.2) is 25.9 Å². The largest absolute Gasteiger partial charge is 0.329 e. The zero-order chi connectivity index (χ0) is 14.8. The molecule has 0 aliphatic carbocycles. The van der Waals surface area contributed by atoms with Crippen molar-refractivity contribution in [2.75, 3.05) is 6.54 Å². The number of aromatic nitrogens is 4. The van der Waals surface area contributed by atoms with Crippen LogP contribution in [0.2, 0.25) is 0 Å². The minimum absolute atomic E-state index is 0.0773. The lowest BCUT2D eigenvalue weighted by Gasteiger charge is -2.08. The molecule has 108 valence electrons. The SMILES string of the molecule is Cc1ccccc1Cn1cnc2c(cnn2CCN)c1=O. The van der Waals surface area contributed by atoms with E-state index >= 15 is 0 Å². The molecule has 21 heavy (non-hydrogen) atoms. The van der Waals surface area contributed by atoms with Gasteiger partial charge in [-0.05, 0) is 18.1 Å². The Hall–Kier alpha value is -2.47. The van der Waals surface area contributed by atoms with Gasteiger partial charge in [-0.1, -0.05) is 24.3 Å². The second-order valence-corrected chi connectivity index (χ2v) is 5.00. The van der Waals surface area contributed by atoms with Gasteiger partial charge in [0, 0.05) is 6.54 Å². The molecule has 0 saturated heterocycles. The molecule has 2 N–H and O–H groups in total. The summed E-state index contributed by atoms with van der Waals surface area (Å²) in [5, 5.41) is 4.70. The van der Waals surface area contributed by atoms with Crippen molar-refractivity contribution >= 4 is 11.0 Å². The van der Waals surface area contributed by atoms with E-state index in [9.17, 15) is 4.79 Å². The molecule has 0 spiro atoms. The van der Waals surface area contributed by atoms with Gasteiger partial charge in [0.05, 0.1) is 19.3 Å². The first-order valence-corrected chi connectivity index (χ1v) is 6.86. The van der Waals surface area contributed by atoms with Crippen molar-refractivity contribution in [3.8, 4) is 0 Å². The summed E-state index contributed by atoms with van der Waals surface area (Å²) >= 11 is 0. The van der Waals surface area contributed by atoms with Crippen LogP contribution in [0, 0.1) is 6.92 Å². The van der Waals surface area contributed by atoms with Gasteiger partial charge in [-0.25, -0.2) is 9.67 Å². The second kappa shape index (κ2) is 5.49. The average molecular weight is 283 g/mol. The zero-order valence-corrected chi connectivity index (χ0v) is 11.9. The molecule has 0 unspecified atom stereocenters. The lowest BCUT2D eigenvalue weighted by Crippen LogP contribution is -2.22. The first-order chi connectivity index (χ1) is 10.2. The van der Waals surface area contributed by atoms with Crippen LogP contribution in [0.1, 0.15) is 11.1 Å². The lowest BCUT2D eigenvalue weighted by atomic mass is 10.1. The molecule has 0 aliphatic heterocycles. The first-order valence-electron chi connectivity index (χ1n) is 6.86. The Kier molecular flexibility index (Phi) is 3.53. The molecule has 2 aromatic heterocycles. The maximum Gasteiger partial charge on any atom is 0.264 e. The molecule has 3 rings (SSSR count). The number of nitrogens with zero attached hydrogens (tertiary/aromatic N) is 4. The van der Waals surface area contributed by atoms with Crippen LogP contribution in [0.4, 0.5) is 0 Å². The van der Waals surface area contributed by atoms with Gasteiger partial charge in [-0.15, -0.1) is 0 Å². The fourth-order valence-electron chi connectivity index (χ4n) is 2.37. The van der Waals surface area contributed by atoms with E-state index in [-0.39, 0.29) is 5.56 Å². The van der Waals surface area contributed by atoms with Crippen LogP contribution in [0.3, 0.4) is 0 Å². The monoisotopic (exact) mass is 283 g/mol. The molecule has 1 aromatic carbocycles. The summed E-state index contributed by atoms with van der Waals surface area (Å²) in [6.07, 6.45) is 3.14. The van der Waals surface area contributed by atoms with Crippen LogP contribution >= 0.6 is 0 Å². The van der Waals surface area contributed by atoms with Crippen LogP contribution < -0.4 is 11.3 Å². The van der Waals surface area contributed by atoms with Crippen molar-refractivity contribution in [2.24, 2.45) is 5.73 Å². The quantitative estimate of drug-likeness (QED) is 0.772. The normalized spacial score (nSPS) is 11.1. The molecule has 2 heterocycles. The molecule has 0 aliphatic rings. The maximum absolute atomic E-state index is 12.5. The Bertz CT molecular complexity index is 833. The minimum Gasteiger partial charge on any atom is -0.329 e. The topological polar surface area (TPSA) is 78.7 Å². The summed E-state index contributed by atoms with van der Waals surface area (Å²) in [5.41, 5.74) is 8.30. The molecule has 3 aromatic rings. The lowest BCUT2D eigenvalue weighted by molar-refractivity contribution is 0.637. The fraction of sp³-hybridized carbons (Fsp3) is 0.267. The van der Waals surface area contributed by atoms with Gasteiger partial charge in [-0.3, -0.25) is 9.36 Å². The van der Waals surface area contributed by atoms with Gasteiger partial charge < -0.3 is 5.73 Å². The molecular formula is C15H17N5O. The molecule has 0 radical (unpaired) electrons. The number of benzene rings is 1. The average Bonchev–Trinajstić information content (AvgIpc) is 2.89. The third-order valence-electron chi connectivity index (χ3n) is 3.57. The smallest absolute Gasteiger partial charge is 0.264 e. The molecule has 6 nitrogen and oxygen atoms in total. The number of fused-ring (bicyclic) bond motifs is 1. The second-order valence-electron chi connectivity index (χ2n) is 5.00. The molecular weight excluding hydrogens is 266 g/mol. The number of aryl methyl sites for hydroxylation is 1. The number of hydrogen-bond donors (Lipinski definition) is 1. The van der Waals surface area contributed by atoms with E-state index in [0.29, 0.717) is 30.7 Å². The third-order valence-corrected chi connectivity index (χ3v) is 3.57. The summed E-state index contributed by atoms with van der Waals surface area (Å²) in [6.45, 7) is 3.56. The molecule has 6 heteroatoms. The van der Waals surface area contributed by atoms with Crippen molar-refractivity contribution in [3.05, 3.63) is 58.3 Å². The van der Waals surface area contributed by atoms with E-state index in [0.717, 1.165) is 11.1 Å². The summed E-state index contributed by atoms with van der Waals surface area (Å²) in [7, 11) is 0. The fourth-order valence-corrected chi connectivity index (χ4v) is 2.37. The van der Waals surface area contributed by atoms with E-state index < -0.39 is 0 Å². The highest BCUT2D eigenvalue weighted by atomic mass is 16.1. The highest BCUT2D eigenvalue weighted by Crippen LogP contribution is 2.10. The van der Waals surface area contributed by atoms with Crippen molar-refractivity contribution in [3.63, 3.8) is 0 Å². The Balaban J connectivity index is 2.03. The van der Waals surface area contributed by atoms with Crippen molar-refractivity contribution < 1.29 is 0 Å². The molecule has 0 amide bonds. The van der Waals surface area contributed by atoms with E-state index in [1.807, 2.05) is 31.2 Å². The van der Waals surface area contributed by atoms with Gasteiger partial charge in [0.1, 0.15) is 11.7 Å². The molecule has 0 saturated carbocycles. The van der Waals surface area contributed by atoms with E-state index in [2.05, 4.69) is 10.1 Å². The highest BCUT2D eigenvalue weighted by molar-refractivity contribution is 5.72. The Labute approximate surface area is 121 Å². The predicted molar refractivity (Wildman–Crippen MR) is 81.1 cm³/mol. The number of hydrogen-bond acceptors (Lipinski definition) is 4. The standard InChI is InChI=1S/C15H17N5O/c1-11-4-2-3-5-12(11)9-19-10-17-14-13(15(19)21)8-18-20(14)7-6-16/h2-5,8,10H,6-7,9,16H2,1H3. The summed E-state index contributed by atoms with van der Waals surface area (Å²) in [4.78, 5) is 16.9. The minimum atomic E-state index is -0.0773. The maximum atomic E-state index is 12.5. The Morgan fingerprint density at radius 2 is 2.10 bits per heavy atom. The van der Waals surface area contributed by atoms with Crippen LogP contribution in [0.5, 0.6) is 0 Å². The summed E-state index contributed by atoms with van der Waals surface area (Å²) in [5.74, 6) is 0.